The second kappa shape index (κ2) is 10.7. The minimum Gasteiger partial charge on any atom is -0.456 e. The first-order valence-electron chi connectivity index (χ1n) is 19.1. The van der Waals surface area contributed by atoms with Gasteiger partial charge in [-0.3, -0.25) is 0 Å². The third kappa shape index (κ3) is 4.02. The number of hydrogen-bond donors (Lipinski definition) is 0. The maximum Gasteiger partial charge on any atom is 0.136 e. The van der Waals surface area contributed by atoms with E-state index in [-0.39, 0.29) is 0 Å². The first kappa shape index (κ1) is 29.3. The van der Waals surface area contributed by atoms with E-state index in [0.717, 1.165) is 27.5 Å². The lowest BCUT2D eigenvalue weighted by molar-refractivity contribution is 0.669. The van der Waals surface area contributed by atoms with Crippen molar-refractivity contribution in [1.29, 1.82) is 0 Å². The lowest BCUT2D eigenvalue weighted by atomic mass is 9.85. The molecule has 252 valence electrons. The van der Waals surface area contributed by atoms with Crippen molar-refractivity contribution in [2.75, 3.05) is 0 Å². The number of furan rings is 1. The van der Waals surface area contributed by atoms with Gasteiger partial charge in [-0.1, -0.05) is 158 Å². The first-order chi connectivity index (χ1) is 27.2. The van der Waals surface area contributed by atoms with Crippen molar-refractivity contribution < 1.29 is 4.42 Å². The Hall–Kier alpha value is -7.22. The highest BCUT2D eigenvalue weighted by Crippen LogP contribution is 2.48. The zero-order valence-corrected chi connectivity index (χ0v) is 29.7. The lowest BCUT2D eigenvalue weighted by Gasteiger charge is -2.18. The van der Waals surface area contributed by atoms with Crippen molar-refractivity contribution in [3.63, 3.8) is 0 Å². The minimum atomic E-state index is 0.903. The smallest absolute Gasteiger partial charge is 0.136 e. The van der Waals surface area contributed by atoms with E-state index < -0.39 is 0 Å². The molecular formula is C54H30O. The van der Waals surface area contributed by atoms with Gasteiger partial charge in [0.2, 0.25) is 0 Å². The van der Waals surface area contributed by atoms with E-state index in [9.17, 15) is 0 Å². The normalized spacial score (nSPS) is 12.4. The largest absolute Gasteiger partial charge is 0.456 e. The molecule has 0 amide bonds. The van der Waals surface area contributed by atoms with Crippen LogP contribution in [0.15, 0.2) is 186 Å². The molecule has 0 aliphatic rings. The van der Waals surface area contributed by atoms with Crippen LogP contribution < -0.4 is 0 Å². The van der Waals surface area contributed by atoms with Gasteiger partial charge >= 0.3 is 0 Å². The van der Waals surface area contributed by atoms with Crippen molar-refractivity contribution in [1.82, 2.24) is 0 Å². The Bertz CT molecular complexity index is 3680. The van der Waals surface area contributed by atoms with Crippen LogP contribution in [0.25, 0.3) is 131 Å². The molecule has 0 fully saturated rings. The molecule has 1 heterocycles. The van der Waals surface area contributed by atoms with E-state index >= 15 is 0 Å². The van der Waals surface area contributed by atoms with Gasteiger partial charge in [-0.25, -0.2) is 0 Å². The third-order valence-corrected chi connectivity index (χ3v) is 12.3. The fraction of sp³-hybridized carbons (Fsp3) is 0. The van der Waals surface area contributed by atoms with Crippen LogP contribution in [0.3, 0.4) is 0 Å². The van der Waals surface area contributed by atoms with Gasteiger partial charge in [0.05, 0.1) is 0 Å². The second-order valence-electron chi connectivity index (χ2n) is 15.2. The van der Waals surface area contributed by atoms with Crippen LogP contribution >= 0.6 is 0 Å². The molecule has 0 saturated heterocycles. The van der Waals surface area contributed by atoms with Gasteiger partial charge in [-0.15, -0.1) is 0 Å². The van der Waals surface area contributed by atoms with E-state index in [1.165, 1.54) is 103 Å². The molecule has 0 radical (unpaired) electrons. The van der Waals surface area contributed by atoms with Gasteiger partial charge in [0, 0.05) is 10.8 Å². The number of hydrogen-bond acceptors (Lipinski definition) is 1. The maximum atomic E-state index is 6.90. The van der Waals surface area contributed by atoms with Gasteiger partial charge in [-0.05, 0) is 133 Å². The summed E-state index contributed by atoms with van der Waals surface area (Å²) in [6.45, 7) is 0. The van der Waals surface area contributed by atoms with Crippen LogP contribution in [0, 0.1) is 0 Å². The van der Waals surface area contributed by atoms with Gasteiger partial charge in [0.25, 0.3) is 0 Å². The number of fused-ring (bicyclic) bond motifs is 4. The van der Waals surface area contributed by atoms with E-state index in [4.69, 9.17) is 4.42 Å². The van der Waals surface area contributed by atoms with Crippen LogP contribution in [0.4, 0.5) is 0 Å². The number of benzene rings is 12. The molecule has 0 spiro atoms. The first-order valence-corrected chi connectivity index (χ1v) is 19.1. The van der Waals surface area contributed by atoms with Crippen molar-refractivity contribution in [3.05, 3.63) is 182 Å². The van der Waals surface area contributed by atoms with Crippen molar-refractivity contribution in [2.24, 2.45) is 0 Å². The summed E-state index contributed by atoms with van der Waals surface area (Å²) in [4.78, 5) is 0. The monoisotopic (exact) mass is 694 g/mol. The van der Waals surface area contributed by atoms with Crippen LogP contribution in [-0.2, 0) is 0 Å². The fourth-order valence-electron chi connectivity index (χ4n) is 9.85. The molecule has 55 heavy (non-hydrogen) atoms. The number of rotatable bonds is 3. The van der Waals surface area contributed by atoms with E-state index in [2.05, 4.69) is 182 Å². The quantitative estimate of drug-likeness (QED) is 0.168. The van der Waals surface area contributed by atoms with E-state index in [1.54, 1.807) is 0 Å². The summed E-state index contributed by atoms with van der Waals surface area (Å²) in [5.74, 6) is 0. The molecule has 1 nitrogen and oxygen atoms in total. The molecule has 13 rings (SSSR count). The Morgan fingerprint density at radius 3 is 1.40 bits per heavy atom. The van der Waals surface area contributed by atoms with Gasteiger partial charge < -0.3 is 4.42 Å². The summed E-state index contributed by atoms with van der Waals surface area (Å²) in [6, 6.07) is 67.4. The zero-order valence-electron chi connectivity index (χ0n) is 29.7. The average Bonchev–Trinajstić information content (AvgIpc) is 3.60. The van der Waals surface area contributed by atoms with Gasteiger partial charge in [0.1, 0.15) is 11.2 Å². The maximum absolute atomic E-state index is 6.90. The topological polar surface area (TPSA) is 13.1 Å². The summed E-state index contributed by atoms with van der Waals surface area (Å²) in [5, 5.41) is 20.1. The summed E-state index contributed by atoms with van der Waals surface area (Å²) in [6.07, 6.45) is 0. The Balaban J connectivity index is 1.14. The SMILES string of the molecule is c1ccc(-c2ccc3ccc4c(-c5cc(-c6ccc7ccc8cccc9ccc6c7c89)c6c(c5)oc5cc7ccccc7cc56)ccc5ccc2c3c54)cc1. The van der Waals surface area contributed by atoms with E-state index in [1.807, 2.05) is 0 Å². The Morgan fingerprint density at radius 2 is 0.727 bits per heavy atom. The molecule has 0 aliphatic heterocycles. The summed E-state index contributed by atoms with van der Waals surface area (Å²) >= 11 is 0. The minimum absolute atomic E-state index is 0.903. The predicted molar refractivity (Wildman–Crippen MR) is 235 cm³/mol. The molecule has 13 aromatic rings. The van der Waals surface area contributed by atoms with Crippen LogP contribution in [0.2, 0.25) is 0 Å². The molecule has 0 aliphatic carbocycles. The third-order valence-electron chi connectivity index (χ3n) is 12.3. The second-order valence-corrected chi connectivity index (χ2v) is 15.2. The Morgan fingerprint density at radius 1 is 0.236 bits per heavy atom. The molecular weight excluding hydrogens is 665 g/mol. The highest BCUT2D eigenvalue weighted by atomic mass is 16.3. The highest BCUT2D eigenvalue weighted by molar-refractivity contribution is 6.30. The van der Waals surface area contributed by atoms with Crippen LogP contribution in [-0.4, -0.2) is 0 Å². The van der Waals surface area contributed by atoms with E-state index in [0.29, 0.717) is 0 Å². The molecule has 0 atom stereocenters. The molecule has 0 unspecified atom stereocenters. The van der Waals surface area contributed by atoms with Gasteiger partial charge in [-0.2, -0.15) is 0 Å². The van der Waals surface area contributed by atoms with Crippen LogP contribution in [0.5, 0.6) is 0 Å². The van der Waals surface area contributed by atoms with Crippen molar-refractivity contribution in [3.8, 4) is 33.4 Å². The Labute approximate surface area is 315 Å². The standard InChI is InChI=1S/C54H30O/c1-2-7-31(8-3-1)40-21-15-35-20-25-44-41(22-16-36-19-24-43(40)52(35)53(36)44)39-28-46(54-47-27-37-9-4-5-10-38(37)29-48(47)55-49(54)30-39)42-23-17-34-14-13-32-11-6-12-33-18-26-45(42)51(34)50(32)33/h1-30H. The molecule has 0 N–H and O–H groups in total. The summed E-state index contributed by atoms with van der Waals surface area (Å²) < 4.78 is 6.90. The lowest BCUT2D eigenvalue weighted by Crippen LogP contribution is -1.91. The van der Waals surface area contributed by atoms with Crippen LogP contribution in [0.1, 0.15) is 0 Å². The summed E-state index contributed by atoms with van der Waals surface area (Å²) in [7, 11) is 0. The molecule has 0 saturated carbocycles. The van der Waals surface area contributed by atoms with Gasteiger partial charge in [0.15, 0.2) is 0 Å². The molecule has 0 bridgehead atoms. The molecule has 1 heteroatoms. The van der Waals surface area contributed by atoms with Crippen molar-refractivity contribution >= 4 is 97.3 Å². The Kier molecular flexibility index (Phi) is 5.69. The summed E-state index contributed by atoms with van der Waals surface area (Å²) in [5.41, 5.74) is 9.09. The zero-order chi connectivity index (χ0) is 35.8. The van der Waals surface area contributed by atoms with Crippen molar-refractivity contribution in [2.45, 2.75) is 0 Å². The predicted octanol–water partition coefficient (Wildman–Crippen LogP) is 15.5. The highest BCUT2D eigenvalue weighted by Gasteiger charge is 2.21. The average molecular weight is 695 g/mol. The molecule has 12 aromatic carbocycles. The molecule has 1 aromatic heterocycles. The fourth-order valence-corrected chi connectivity index (χ4v) is 9.85.